The number of hydrogen-bond donors (Lipinski definition) is 1. The molecule has 24 heavy (non-hydrogen) atoms. The highest BCUT2D eigenvalue weighted by atomic mass is 16.5. The third-order valence-electron chi connectivity index (χ3n) is 3.49. The van der Waals surface area contributed by atoms with E-state index < -0.39 is 5.97 Å². The van der Waals surface area contributed by atoms with Crippen LogP contribution < -0.4 is 10.2 Å². The zero-order valence-corrected chi connectivity index (χ0v) is 14.6. The molecule has 0 spiro atoms. The lowest BCUT2D eigenvalue weighted by Crippen LogP contribution is -2.38. The molecule has 0 atom stereocenters. The molecule has 132 valence electrons. The Morgan fingerprint density at radius 1 is 1.17 bits per heavy atom. The van der Waals surface area contributed by atoms with Crippen LogP contribution in [0.5, 0.6) is 0 Å². The molecular formula is C18H26N2O4. The summed E-state index contributed by atoms with van der Waals surface area (Å²) in [5, 5.41) is 2.80. The number of nitrogens with zero attached hydrogens (tertiary/aromatic N) is 1. The summed E-state index contributed by atoms with van der Waals surface area (Å²) in [5.74, 6) is -0.695. The van der Waals surface area contributed by atoms with Crippen molar-refractivity contribution in [3.05, 3.63) is 29.8 Å². The van der Waals surface area contributed by atoms with Crippen LogP contribution in [0.3, 0.4) is 0 Å². The molecular weight excluding hydrogens is 308 g/mol. The lowest BCUT2D eigenvalue weighted by molar-refractivity contribution is -0.121. The topological polar surface area (TPSA) is 75.7 Å². The van der Waals surface area contributed by atoms with Crippen LogP contribution in [0.25, 0.3) is 0 Å². The van der Waals surface area contributed by atoms with Crippen molar-refractivity contribution in [1.29, 1.82) is 0 Å². The van der Waals surface area contributed by atoms with E-state index in [1.807, 2.05) is 6.92 Å². The van der Waals surface area contributed by atoms with Crippen LogP contribution in [-0.2, 0) is 14.3 Å². The summed E-state index contributed by atoms with van der Waals surface area (Å²) in [6, 6.07) is 6.81. The molecule has 0 bridgehead atoms. The molecule has 0 aliphatic heterocycles. The van der Waals surface area contributed by atoms with Crippen LogP contribution in [0.15, 0.2) is 24.3 Å². The van der Waals surface area contributed by atoms with Crippen molar-refractivity contribution in [3.63, 3.8) is 0 Å². The number of ether oxygens (including phenoxy) is 1. The lowest BCUT2D eigenvalue weighted by atomic mass is 10.1. The van der Waals surface area contributed by atoms with E-state index >= 15 is 0 Å². The maximum atomic E-state index is 12.1. The van der Waals surface area contributed by atoms with Gasteiger partial charge < -0.3 is 15.0 Å². The number of esters is 1. The SMILES string of the molecule is CCCCC(=O)NCCN(C(C)=O)c1ccccc1C(=O)OCC. The van der Waals surface area contributed by atoms with Crippen LogP contribution in [0, 0.1) is 0 Å². The molecule has 0 saturated carbocycles. The Labute approximate surface area is 143 Å². The standard InChI is InChI=1S/C18H26N2O4/c1-4-6-11-17(22)19-12-13-20(14(3)21)16-10-8-7-9-15(16)18(23)24-5-2/h7-10H,4-6,11-13H2,1-3H3,(H,19,22). The number of anilines is 1. The van der Waals surface area contributed by atoms with Gasteiger partial charge in [0, 0.05) is 26.4 Å². The highest BCUT2D eigenvalue weighted by Gasteiger charge is 2.19. The van der Waals surface area contributed by atoms with Gasteiger partial charge >= 0.3 is 5.97 Å². The van der Waals surface area contributed by atoms with Gasteiger partial charge in [0.15, 0.2) is 0 Å². The molecule has 6 nitrogen and oxygen atoms in total. The maximum Gasteiger partial charge on any atom is 0.340 e. The van der Waals surface area contributed by atoms with E-state index in [1.165, 1.54) is 11.8 Å². The molecule has 0 fully saturated rings. The van der Waals surface area contributed by atoms with Crippen LogP contribution >= 0.6 is 0 Å². The van der Waals surface area contributed by atoms with Gasteiger partial charge in [0.25, 0.3) is 0 Å². The Balaban J connectivity index is 2.80. The average Bonchev–Trinajstić information content (AvgIpc) is 2.56. The van der Waals surface area contributed by atoms with Gasteiger partial charge in [0.05, 0.1) is 17.9 Å². The second-order valence-electron chi connectivity index (χ2n) is 5.36. The van der Waals surface area contributed by atoms with E-state index in [-0.39, 0.29) is 18.4 Å². The molecule has 0 aliphatic carbocycles. The van der Waals surface area contributed by atoms with E-state index in [9.17, 15) is 14.4 Å². The summed E-state index contributed by atoms with van der Waals surface area (Å²) in [4.78, 5) is 37.2. The van der Waals surface area contributed by atoms with Gasteiger partial charge in [-0.1, -0.05) is 25.5 Å². The number of rotatable bonds is 9. The summed E-state index contributed by atoms with van der Waals surface area (Å²) >= 11 is 0. The molecule has 1 N–H and O–H groups in total. The van der Waals surface area contributed by atoms with Crippen molar-refractivity contribution in [2.75, 3.05) is 24.6 Å². The summed E-state index contributed by atoms with van der Waals surface area (Å²) in [7, 11) is 0. The van der Waals surface area contributed by atoms with E-state index in [1.54, 1.807) is 31.2 Å². The van der Waals surface area contributed by atoms with Crippen molar-refractivity contribution in [2.45, 2.75) is 40.0 Å². The minimum atomic E-state index is -0.466. The van der Waals surface area contributed by atoms with Crippen molar-refractivity contribution < 1.29 is 19.1 Å². The molecule has 0 heterocycles. The van der Waals surface area contributed by atoms with Crippen molar-refractivity contribution in [2.24, 2.45) is 0 Å². The minimum absolute atomic E-state index is 0.0287. The predicted molar refractivity (Wildman–Crippen MR) is 93.0 cm³/mol. The number of hydrogen-bond acceptors (Lipinski definition) is 4. The van der Waals surface area contributed by atoms with Crippen molar-refractivity contribution in [1.82, 2.24) is 5.32 Å². The highest BCUT2D eigenvalue weighted by molar-refractivity contribution is 6.02. The van der Waals surface area contributed by atoms with Gasteiger partial charge in [0.1, 0.15) is 0 Å². The first-order valence-corrected chi connectivity index (χ1v) is 8.32. The molecule has 1 rings (SSSR count). The Bertz CT molecular complexity index is 572. The Kier molecular flexibility index (Phi) is 8.54. The van der Waals surface area contributed by atoms with E-state index in [0.29, 0.717) is 30.8 Å². The summed E-state index contributed by atoms with van der Waals surface area (Å²) in [6.45, 7) is 6.08. The molecule has 0 unspecified atom stereocenters. The number of amides is 2. The normalized spacial score (nSPS) is 10.1. The molecule has 1 aromatic carbocycles. The zero-order chi connectivity index (χ0) is 17.9. The van der Waals surface area contributed by atoms with Gasteiger partial charge in [-0.15, -0.1) is 0 Å². The largest absolute Gasteiger partial charge is 0.462 e. The van der Waals surface area contributed by atoms with Gasteiger partial charge in [-0.2, -0.15) is 0 Å². The quantitative estimate of drug-likeness (QED) is 0.704. The number of nitrogens with one attached hydrogen (secondary N) is 1. The molecule has 0 aromatic heterocycles. The van der Waals surface area contributed by atoms with Gasteiger partial charge in [-0.05, 0) is 25.5 Å². The van der Waals surface area contributed by atoms with Crippen LogP contribution in [0.4, 0.5) is 5.69 Å². The smallest absolute Gasteiger partial charge is 0.340 e. The van der Waals surface area contributed by atoms with E-state index in [0.717, 1.165) is 12.8 Å². The van der Waals surface area contributed by atoms with Gasteiger partial charge in [-0.3, -0.25) is 9.59 Å². The summed E-state index contributed by atoms with van der Waals surface area (Å²) < 4.78 is 5.04. The van der Waals surface area contributed by atoms with Gasteiger partial charge in [0.2, 0.25) is 11.8 Å². The Hall–Kier alpha value is -2.37. The van der Waals surface area contributed by atoms with E-state index in [4.69, 9.17) is 4.74 Å². The molecule has 1 aromatic rings. The fourth-order valence-corrected chi connectivity index (χ4v) is 2.27. The highest BCUT2D eigenvalue weighted by Crippen LogP contribution is 2.21. The third-order valence-corrected chi connectivity index (χ3v) is 3.49. The third kappa shape index (κ3) is 6.02. The lowest BCUT2D eigenvalue weighted by Gasteiger charge is -2.23. The Morgan fingerprint density at radius 3 is 2.50 bits per heavy atom. The first kappa shape index (κ1) is 19.7. The van der Waals surface area contributed by atoms with Crippen LogP contribution in [0.2, 0.25) is 0 Å². The molecule has 0 radical (unpaired) electrons. The Morgan fingerprint density at radius 2 is 1.88 bits per heavy atom. The molecule has 0 saturated heterocycles. The molecule has 0 aliphatic rings. The number of benzene rings is 1. The summed E-state index contributed by atoms with van der Waals surface area (Å²) in [6.07, 6.45) is 2.28. The first-order chi connectivity index (χ1) is 11.5. The van der Waals surface area contributed by atoms with Gasteiger partial charge in [-0.25, -0.2) is 4.79 Å². The van der Waals surface area contributed by atoms with E-state index in [2.05, 4.69) is 5.32 Å². The van der Waals surface area contributed by atoms with Crippen molar-refractivity contribution in [3.8, 4) is 0 Å². The molecule has 2 amide bonds. The zero-order valence-electron chi connectivity index (χ0n) is 14.6. The number of carbonyl (C=O) groups excluding carboxylic acids is 3. The average molecular weight is 334 g/mol. The second-order valence-corrected chi connectivity index (χ2v) is 5.36. The number of carbonyl (C=O) groups is 3. The second kappa shape index (κ2) is 10.4. The fourth-order valence-electron chi connectivity index (χ4n) is 2.27. The number of para-hydroxylation sites is 1. The monoisotopic (exact) mass is 334 g/mol. The fraction of sp³-hybridized carbons (Fsp3) is 0.500. The number of unbranched alkanes of at least 4 members (excludes halogenated alkanes) is 1. The minimum Gasteiger partial charge on any atom is -0.462 e. The predicted octanol–water partition coefficient (Wildman–Crippen LogP) is 2.52. The maximum absolute atomic E-state index is 12.1. The van der Waals surface area contributed by atoms with Crippen molar-refractivity contribution >= 4 is 23.5 Å². The van der Waals surface area contributed by atoms with Crippen LogP contribution in [0.1, 0.15) is 50.4 Å². The molecule has 6 heteroatoms. The summed E-state index contributed by atoms with van der Waals surface area (Å²) in [5.41, 5.74) is 0.832. The first-order valence-electron chi connectivity index (χ1n) is 8.32. The van der Waals surface area contributed by atoms with Crippen LogP contribution in [-0.4, -0.2) is 37.5 Å².